The van der Waals surface area contributed by atoms with E-state index in [0.717, 1.165) is 25.7 Å². The summed E-state index contributed by atoms with van der Waals surface area (Å²) in [5, 5.41) is 0. The summed E-state index contributed by atoms with van der Waals surface area (Å²) in [7, 11) is 0. The first-order chi connectivity index (χ1) is 11.5. The SMILES string of the molecule is CC1CCC(C(C)C)C(OC(=O)[C@@]23CCCC=C2[C@@H]2C=C[C@H]3O2)C1. The van der Waals surface area contributed by atoms with E-state index < -0.39 is 5.41 Å². The Labute approximate surface area is 145 Å². The molecule has 1 saturated carbocycles. The molecule has 3 heteroatoms. The molecule has 0 spiro atoms. The van der Waals surface area contributed by atoms with E-state index in [2.05, 4.69) is 39.0 Å². The predicted molar refractivity (Wildman–Crippen MR) is 93.4 cm³/mol. The van der Waals surface area contributed by atoms with Gasteiger partial charge in [0.25, 0.3) is 0 Å². The van der Waals surface area contributed by atoms with Crippen molar-refractivity contribution in [1.29, 1.82) is 0 Å². The molecule has 0 N–H and O–H groups in total. The second-order valence-corrected chi connectivity index (χ2v) is 8.66. The average Bonchev–Trinajstić information content (AvgIpc) is 3.16. The minimum atomic E-state index is -0.528. The first-order valence-electron chi connectivity index (χ1n) is 9.77. The summed E-state index contributed by atoms with van der Waals surface area (Å²) < 4.78 is 12.3. The Kier molecular flexibility index (Phi) is 4.11. The molecule has 132 valence electrons. The number of carbonyl (C=O) groups is 1. The van der Waals surface area contributed by atoms with E-state index in [1.807, 2.05) is 0 Å². The molecule has 0 aromatic carbocycles. The summed E-state index contributed by atoms with van der Waals surface area (Å²) in [5.41, 5.74) is 0.649. The number of fused-ring (bicyclic) bond motifs is 5. The highest BCUT2D eigenvalue weighted by atomic mass is 16.6. The van der Waals surface area contributed by atoms with Crippen molar-refractivity contribution < 1.29 is 14.3 Å². The fraction of sp³-hybridized carbons (Fsp3) is 0.762. The van der Waals surface area contributed by atoms with Crippen molar-refractivity contribution in [3.05, 3.63) is 23.8 Å². The number of allylic oxidation sites excluding steroid dienone is 1. The summed E-state index contributed by atoms with van der Waals surface area (Å²) in [6.07, 6.45) is 12.8. The molecule has 6 atom stereocenters. The normalized spacial score (nSPS) is 43.7. The topological polar surface area (TPSA) is 35.5 Å². The molecule has 2 bridgehead atoms. The van der Waals surface area contributed by atoms with E-state index in [1.54, 1.807) is 0 Å². The summed E-state index contributed by atoms with van der Waals surface area (Å²) in [4.78, 5) is 13.4. The summed E-state index contributed by atoms with van der Waals surface area (Å²) >= 11 is 0. The largest absolute Gasteiger partial charge is 0.461 e. The van der Waals surface area contributed by atoms with Gasteiger partial charge in [0.1, 0.15) is 11.5 Å². The van der Waals surface area contributed by atoms with Gasteiger partial charge in [0.05, 0.1) is 12.2 Å². The molecule has 4 rings (SSSR count). The Morgan fingerprint density at radius 3 is 2.96 bits per heavy atom. The second-order valence-electron chi connectivity index (χ2n) is 8.66. The Hall–Kier alpha value is -1.09. The highest BCUT2D eigenvalue weighted by Gasteiger charge is 2.60. The third-order valence-electron chi connectivity index (χ3n) is 6.78. The molecule has 2 aliphatic carbocycles. The van der Waals surface area contributed by atoms with Crippen LogP contribution in [0.5, 0.6) is 0 Å². The molecular weight excluding hydrogens is 300 g/mol. The van der Waals surface area contributed by atoms with Crippen molar-refractivity contribution in [3.63, 3.8) is 0 Å². The molecule has 3 unspecified atom stereocenters. The summed E-state index contributed by atoms with van der Waals surface area (Å²) in [6, 6.07) is 0. The van der Waals surface area contributed by atoms with E-state index in [9.17, 15) is 4.79 Å². The third-order valence-corrected chi connectivity index (χ3v) is 6.78. The van der Waals surface area contributed by atoms with E-state index in [4.69, 9.17) is 9.47 Å². The lowest BCUT2D eigenvalue weighted by molar-refractivity contribution is -0.169. The van der Waals surface area contributed by atoms with Crippen molar-refractivity contribution in [2.75, 3.05) is 0 Å². The molecule has 24 heavy (non-hydrogen) atoms. The number of ether oxygens (including phenoxy) is 2. The molecule has 0 aromatic rings. The van der Waals surface area contributed by atoms with Gasteiger partial charge in [-0.2, -0.15) is 0 Å². The van der Waals surface area contributed by atoms with Crippen LogP contribution in [0.15, 0.2) is 23.8 Å². The lowest BCUT2D eigenvalue weighted by atomic mass is 9.66. The predicted octanol–water partition coefficient (Wildman–Crippen LogP) is 4.42. The maximum absolute atomic E-state index is 13.4. The van der Waals surface area contributed by atoms with E-state index >= 15 is 0 Å². The molecule has 3 nitrogen and oxygen atoms in total. The van der Waals surface area contributed by atoms with Crippen LogP contribution in [-0.4, -0.2) is 24.3 Å². The smallest absolute Gasteiger partial charge is 0.319 e. The first kappa shape index (κ1) is 16.4. The van der Waals surface area contributed by atoms with E-state index in [1.165, 1.54) is 18.4 Å². The molecule has 4 aliphatic rings. The zero-order valence-corrected chi connectivity index (χ0v) is 15.2. The molecule has 2 aliphatic heterocycles. The van der Waals surface area contributed by atoms with Gasteiger partial charge in [-0.05, 0) is 55.4 Å². The molecule has 2 heterocycles. The third kappa shape index (κ3) is 2.39. The second kappa shape index (κ2) is 6.01. The highest BCUT2D eigenvalue weighted by molar-refractivity contribution is 5.84. The number of carbonyl (C=O) groups excluding carboxylic acids is 1. The number of esters is 1. The van der Waals surface area contributed by atoms with E-state index in [0.29, 0.717) is 17.8 Å². The van der Waals surface area contributed by atoms with Gasteiger partial charge in [0, 0.05) is 0 Å². The molecular formula is C21H30O3. The van der Waals surface area contributed by atoms with Crippen LogP contribution >= 0.6 is 0 Å². The van der Waals surface area contributed by atoms with E-state index in [-0.39, 0.29) is 24.3 Å². The minimum absolute atomic E-state index is 0.00836. The fourth-order valence-corrected chi connectivity index (χ4v) is 5.38. The van der Waals surface area contributed by atoms with Crippen molar-refractivity contribution in [2.24, 2.45) is 23.2 Å². The number of hydrogen-bond donors (Lipinski definition) is 0. The van der Waals surface area contributed by atoms with Crippen LogP contribution in [0.3, 0.4) is 0 Å². The van der Waals surface area contributed by atoms with Crippen LogP contribution in [-0.2, 0) is 14.3 Å². The Bertz CT molecular complexity index is 576. The van der Waals surface area contributed by atoms with Crippen molar-refractivity contribution in [2.45, 2.75) is 77.6 Å². The fourth-order valence-electron chi connectivity index (χ4n) is 5.38. The van der Waals surface area contributed by atoms with Crippen molar-refractivity contribution >= 4 is 5.97 Å². The Balaban J connectivity index is 1.58. The number of hydrogen-bond acceptors (Lipinski definition) is 3. The summed E-state index contributed by atoms with van der Waals surface area (Å²) in [5.74, 6) is 1.68. The summed E-state index contributed by atoms with van der Waals surface area (Å²) in [6.45, 7) is 6.80. The molecule has 0 aromatic heterocycles. The van der Waals surface area contributed by atoms with Gasteiger partial charge in [-0.1, -0.05) is 45.4 Å². The molecule has 0 amide bonds. The zero-order valence-electron chi connectivity index (χ0n) is 15.2. The Morgan fingerprint density at radius 1 is 1.33 bits per heavy atom. The van der Waals surface area contributed by atoms with Gasteiger partial charge in [-0.25, -0.2) is 0 Å². The van der Waals surface area contributed by atoms with Crippen molar-refractivity contribution in [3.8, 4) is 0 Å². The van der Waals surface area contributed by atoms with Gasteiger partial charge in [0.15, 0.2) is 0 Å². The standard InChI is InChI=1S/C21H30O3/c1-13(2)15-8-7-14(3)12-18(15)24-20(22)21-11-5-4-6-16(21)17-9-10-19(21)23-17/h6,9-10,13-15,17-19H,4-5,7-8,11-12H2,1-3H3/t14?,15?,17-,18?,19+,21-/m0/s1. The zero-order chi connectivity index (χ0) is 16.9. The van der Waals surface area contributed by atoms with Crippen LogP contribution in [0.1, 0.15) is 59.3 Å². The van der Waals surface area contributed by atoms with Gasteiger partial charge in [0.2, 0.25) is 0 Å². The van der Waals surface area contributed by atoms with Gasteiger partial charge in [-0.3, -0.25) is 4.79 Å². The quantitative estimate of drug-likeness (QED) is 0.567. The minimum Gasteiger partial charge on any atom is -0.461 e. The highest BCUT2D eigenvalue weighted by Crippen LogP contribution is 2.54. The maximum Gasteiger partial charge on any atom is 0.319 e. The van der Waals surface area contributed by atoms with Crippen molar-refractivity contribution in [1.82, 2.24) is 0 Å². The lowest BCUT2D eigenvalue weighted by Gasteiger charge is -2.41. The van der Waals surface area contributed by atoms with Gasteiger partial charge < -0.3 is 9.47 Å². The lowest BCUT2D eigenvalue weighted by Crippen LogP contribution is -2.46. The van der Waals surface area contributed by atoms with Crippen LogP contribution in [0, 0.1) is 23.2 Å². The number of rotatable bonds is 3. The van der Waals surface area contributed by atoms with Crippen LogP contribution in [0.25, 0.3) is 0 Å². The van der Waals surface area contributed by atoms with Crippen LogP contribution < -0.4 is 0 Å². The Morgan fingerprint density at radius 2 is 2.17 bits per heavy atom. The first-order valence-corrected chi connectivity index (χ1v) is 9.77. The molecule has 0 radical (unpaired) electrons. The van der Waals surface area contributed by atoms with Crippen LogP contribution in [0.4, 0.5) is 0 Å². The molecule has 1 saturated heterocycles. The molecule has 2 fully saturated rings. The monoisotopic (exact) mass is 330 g/mol. The van der Waals surface area contributed by atoms with Gasteiger partial charge >= 0.3 is 5.97 Å². The van der Waals surface area contributed by atoms with Gasteiger partial charge in [-0.15, -0.1) is 0 Å². The maximum atomic E-state index is 13.4. The average molecular weight is 330 g/mol. The van der Waals surface area contributed by atoms with Crippen LogP contribution in [0.2, 0.25) is 0 Å².